The molecule has 0 fully saturated rings. The molecule has 0 bridgehead atoms. The van der Waals surface area contributed by atoms with E-state index in [1.807, 2.05) is 17.8 Å². The molecule has 6 heteroatoms. The van der Waals surface area contributed by atoms with Gasteiger partial charge in [-0.1, -0.05) is 12.2 Å². The molecule has 2 aliphatic rings. The number of nitrogens with zero attached hydrogens (tertiary/aromatic N) is 4. The number of guanidine groups is 1. The number of rotatable bonds is 2. The Bertz CT molecular complexity index is 644. The fourth-order valence-electron chi connectivity index (χ4n) is 3.13. The van der Waals surface area contributed by atoms with Crippen LogP contribution >= 0.6 is 0 Å². The highest BCUT2D eigenvalue weighted by Crippen LogP contribution is 2.36. The zero-order valence-electron chi connectivity index (χ0n) is 12.7. The number of carbonyl (C=O) groups is 1. The Morgan fingerprint density at radius 2 is 2.29 bits per heavy atom. The third-order valence-corrected chi connectivity index (χ3v) is 4.60. The van der Waals surface area contributed by atoms with Crippen LogP contribution in [-0.2, 0) is 17.8 Å². The first-order valence-corrected chi connectivity index (χ1v) is 7.29. The van der Waals surface area contributed by atoms with Gasteiger partial charge in [-0.2, -0.15) is 5.10 Å². The number of hydrogen-bond acceptors (Lipinski definition) is 4. The van der Waals surface area contributed by atoms with E-state index in [4.69, 9.17) is 5.73 Å². The van der Waals surface area contributed by atoms with Gasteiger partial charge in [0.25, 0.3) is 0 Å². The normalized spacial score (nSPS) is 28.5. The summed E-state index contributed by atoms with van der Waals surface area (Å²) in [5.41, 5.74) is 7.79. The highest BCUT2D eigenvalue weighted by Gasteiger charge is 2.41. The molecule has 0 saturated heterocycles. The van der Waals surface area contributed by atoms with Gasteiger partial charge in [0.15, 0.2) is 5.96 Å². The number of amides is 1. The Morgan fingerprint density at radius 1 is 1.52 bits per heavy atom. The van der Waals surface area contributed by atoms with Gasteiger partial charge in [0.2, 0.25) is 5.91 Å². The average Bonchev–Trinajstić information content (AvgIpc) is 2.86. The zero-order chi connectivity index (χ0) is 15.2. The maximum absolute atomic E-state index is 12.1. The molecule has 2 N–H and O–H groups in total. The third kappa shape index (κ3) is 2.14. The van der Waals surface area contributed by atoms with Crippen molar-refractivity contribution in [2.75, 3.05) is 7.05 Å². The predicted octanol–water partition coefficient (Wildman–Crippen LogP) is 1.02. The Kier molecular flexibility index (Phi) is 3.11. The van der Waals surface area contributed by atoms with Crippen molar-refractivity contribution in [3.8, 4) is 0 Å². The largest absolute Gasteiger partial charge is 0.369 e. The van der Waals surface area contributed by atoms with Crippen LogP contribution in [0, 0.1) is 5.92 Å². The first kappa shape index (κ1) is 13.9. The molecular weight excluding hydrogens is 266 g/mol. The molecule has 1 unspecified atom stereocenters. The minimum absolute atomic E-state index is 0.0215. The van der Waals surface area contributed by atoms with Crippen LogP contribution < -0.4 is 5.73 Å². The van der Waals surface area contributed by atoms with Gasteiger partial charge >= 0.3 is 0 Å². The molecule has 1 amide bonds. The molecule has 3 rings (SSSR count). The number of aliphatic imine (C=N–C) groups is 1. The maximum Gasteiger partial charge on any atom is 0.231 e. The highest BCUT2D eigenvalue weighted by molar-refractivity contribution is 5.98. The maximum atomic E-state index is 12.1. The van der Waals surface area contributed by atoms with Crippen LogP contribution in [0.5, 0.6) is 0 Å². The van der Waals surface area contributed by atoms with E-state index < -0.39 is 5.54 Å². The summed E-state index contributed by atoms with van der Waals surface area (Å²) in [6.07, 6.45) is 7.34. The van der Waals surface area contributed by atoms with Gasteiger partial charge in [0, 0.05) is 30.8 Å². The quantitative estimate of drug-likeness (QED) is 0.882. The van der Waals surface area contributed by atoms with E-state index in [9.17, 15) is 4.79 Å². The molecule has 1 aromatic rings. The van der Waals surface area contributed by atoms with E-state index in [1.54, 1.807) is 7.05 Å². The molecule has 0 aromatic carbocycles. The number of nitrogens with two attached hydrogens (primary N) is 1. The van der Waals surface area contributed by atoms with Gasteiger partial charge in [-0.25, -0.2) is 4.99 Å². The van der Waals surface area contributed by atoms with Gasteiger partial charge in [-0.05, 0) is 20.3 Å². The lowest BCUT2D eigenvalue weighted by Crippen LogP contribution is -2.51. The molecule has 0 saturated carbocycles. The number of fused-ring (bicyclic) bond motifs is 1. The summed E-state index contributed by atoms with van der Waals surface area (Å²) in [4.78, 5) is 18.1. The summed E-state index contributed by atoms with van der Waals surface area (Å²) in [5.74, 6) is 0.480. The fraction of sp³-hybridized carbons (Fsp3) is 0.533. The lowest BCUT2D eigenvalue weighted by Gasteiger charge is -2.38. The second-order valence-corrected chi connectivity index (χ2v) is 5.99. The third-order valence-electron chi connectivity index (χ3n) is 4.60. The summed E-state index contributed by atoms with van der Waals surface area (Å²) in [6.45, 7) is 4.94. The Labute approximate surface area is 124 Å². The monoisotopic (exact) mass is 287 g/mol. The number of hydrogen-bond donors (Lipinski definition) is 1. The van der Waals surface area contributed by atoms with Gasteiger partial charge in [0.1, 0.15) is 0 Å². The minimum atomic E-state index is -0.481. The van der Waals surface area contributed by atoms with E-state index in [0.717, 1.165) is 18.5 Å². The SMILES string of the molecule is CCn1ncc2c1CC([C@]1(C)CC(=O)N(C)C(N)=N1)C=C2. The number of aryl methyl sites for hydroxylation is 1. The van der Waals surface area contributed by atoms with E-state index in [2.05, 4.69) is 29.2 Å². The standard InChI is InChI=1S/C15H21N5O/c1-4-20-12-7-11(6-5-10(12)9-17-20)15(2)8-13(21)19(3)14(16)18-15/h5-6,9,11H,4,7-8H2,1-3H3,(H2,16,18)/t11?,15-/m0/s1. The summed E-state index contributed by atoms with van der Waals surface area (Å²) in [7, 11) is 1.67. The summed E-state index contributed by atoms with van der Waals surface area (Å²) >= 11 is 0. The van der Waals surface area contributed by atoms with E-state index in [0.29, 0.717) is 12.4 Å². The molecule has 1 aliphatic carbocycles. The summed E-state index contributed by atoms with van der Waals surface area (Å²) in [5, 5.41) is 4.39. The lowest BCUT2D eigenvalue weighted by molar-refractivity contribution is -0.128. The molecule has 1 aromatic heterocycles. The molecule has 21 heavy (non-hydrogen) atoms. The van der Waals surface area contributed by atoms with Crippen molar-refractivity contribution in [1.82, 2.24) is 14.7 Å². The molecule has 0 spiro atoms. The summed E-state index contributed by atoms with van der Waals surface area (Å²) < 4.78 is 2.01. The van der Waals surface area contributed by atoms with Gasteiger partial charge in [0.05, 0.1) is 18.2 Å². The average molecular weight is 287 g/mol. The topological polar surface area (TPSA) is 76.5 Å². The minimum Gasteiger partial charge on any atom is -0.369 e. The first-order chi connectivity index (χ1) is 9.94. The Morgan fingerprint density at radius 3 is 2.95 bits per heavy atom. The predicted molar refractivity (Wildman–Crippen MR) is 81.5 cm³/mol. The number of carbonyl (C=O) groups excluding carboxylic acids is 1. The second kappa shape index (κ2) is 4.72. The molecule has 1 aliphatic heterocycles. The molecule has 2 heterocycles. The smallest absolute Gasteiger partial charge is 0.231 e. The molecule has 0 radical (unpaired) electrons. The van der Waals surface area contributed by atoms with Crippen LogP contribution in [0.4, 0.5) is 0 Å². The summed E-state index contributed by atoms with van der Waals surface area (Å²) in [6, 6.07) is 0. The van der Waals surface area contributed by atoms with Gasteiger partial charge in [-0.3, -0.25) is 14.4 Å². The van der Waals surface area contributed by atoms with Crippen LogP contribution in [0.3, 0.4) is 0 Å². The molecular formula is C15H21N5O. The molecule has 2 atom stereocenters. The van der Waals surface area contributed by atoms with Gasteiger partial charge in [-0.15, -0.1) is 0 Å². The van der Waals surface area contributed by atoms with Crippen molar-refractivity contribution in [2.24, 2.45) is 16.6 Å². The van der Waals surface area contributed by atoms with Crippen molar-refractivity contribution in [3.63, 3.8) is 0 Å². The second-order valence-electron chi connectivity index (χ2n) is 5.99. The van der Waals surface area contributed by atoms with Crippen molar-refractivity contribution in [3.05, 3.63) is 23.5 Å². The van der Waals surface area contributed by atoms with Crippen LogP contribution in [0.25, 0.3) is 6.08 Å². The van der Waals surface area contributed by atoms with Gasteiger partial charge < -0.3 is 5.73 Å². The van der Waals surface area contributed by atoms with Crippen molar-refractivity contribution in [1.29, 1.82) is 0 Å². The number of aromatic nitrogens is 2. The van der Waals surface area contributed by atoms with Crippen molar-refractivity contribution >= 4 is 17.9 Å². The fourth-order valence-corrected chi connectivity index (χ4v) is 3.13. The molecule has 6 nitrogen and oxygen atoms in total. The van der Waals surface area contributed by atoms with E-state index in [-0.39, 0.29) is 11.8 Å². The van der Waals surface area contributed by atoms with Crippen LogP contribution in [0.2, 0.25) is 0 Å². The van der Waals surface area contributed by atoms with E-state index >= 15 is 0 Å². The zero-order valence-corrected chi connectivity index (χ0v) is 12.7. The van der Waals surface area contributed by atoms with Crippen molar-refractivity contribution < 1.29 is 4.79 Å². The molecule has 112 valence electrons. The van der Waals surface area contributed by atoms with Crippen LogP contribution in [-0.4, -0.2) is 39.1 Å². The van der Waals surface area contributed by atoms with Crippen LogP contribution in [0.1, 0.15) is 31.5 Å². The van der Waals surface area contributed by atoms with Crippen LogP contribution in [0.15, 0.2) is 17.3 Å². The highest BCUT2D eigenvalue weighted by atomic mass is 16.2. The Hall–Kier alpha value is -2.11. The van der Waals surface area contributed by atoms with E-state index in [1.165, 1.54) is 10.6 Å². The van der Waals surface area contributed by atoms with Crippen molar-refractivity contribution in [2.45, 2.75) is 38.8 Å². The Balaban J connectivity index is 1.94. The lowest BCUT2D eigenvalue weighted by atomic mass is 9.76. The first-order valence-electron chi connectivity index (χ1n) is 7.29.